The van der Waals surface area contributed by atoms with Gasteiger partial charge in [-0.1, -0.05) is 6.92 Å². The lowest BCUT2D eigenvalue weighted by Crippen LogP contribution is -2.42. The first-order valence-corrected chi connectivity index (χ1v) is 6.58. The van der Waals surface area contributed by atoms with Gasteiger partial charge in [-0.05, 0) is 40.0 Å². The van der Waals surface area contributed by atoms with Crippen molar-refractivity contribution in [2.75, 3.05) is 4.90 Å². The van der Waals surface area contributed by atoms with Gasteiger partial charge in [0, 0.05) is 17.3 Å². The van der Waals surface area contributed by atoms with Gasteiger partial charge in [0.2, 0.25) is 11.8 Å². The molecule has 1 N–H and O–H groups in total. The molecular formula is C13H12BrNO4. The zero-order valence-corrected chi connectivity index (χ0v) is 11.8. The van der Waals surface area contributed by atoms with Crippen molar-refractivity contribution in [2.24, 2.45) is 5.92 Å². The summed E-state index contributed by atoms with van der Waals surface area (Å²) in [6, 6.07) is 4.41. The molecule has 19 heavy (non-hydrogen) atoms. The third-order valence-corrected chi connectivity index (χ3v) is 3.68. The fourth-order valence-corrected chi connectivity index (χ4v) is 2.51. The summed E-state index contributed by atoms with van der Waals surface area (Å²) >= 11 is 3.13. The maximum atomic E-state index is 11.9. The van der Waals surface area contributed by atoms with Crippen LogP contribution in [0.5, 0.6) is 0 Å². The number of halogens is 1. The van der Waals surface area contributed by atoms with E-state index >= 15 is 0 Å². The Kier molecular flexibility index (Phi) is 3.71. The van der Waals surface area contributed by atoms with Crippen molar-refractivity contribution in [3.8, 4) is 0 Å². The fraction of sp³-hybridized carbons (Fsp3) is 0.308. The summed E-state index contributed by atoms with van der Waals surface area (Å²) in [7, 11) is 0. The molecule has 0 aliphatic carbocycles. The topological polar surface area (TPSA) is 74.7 Å². The highest BCUT2D eigenvalue weighted by atomic mass is 79.9. The van der Waals surface area contributed by atoms with Gasteiger partial charge in [0.15, 0.2) is 0 Å². The van der Waals surface area contributed by atoms with Crippen LogP contribution in [0.1, 0.15) is 30.1 Å². The number of rotatable bonds is 2. The molecule has 2 amide bonds. The number of hydrogen-bond donors (Lipinski definition) is 1. The average molecular weight is 326 g/mol. The number of piperidine rings is 1. The largest absolute Gasteiger partial charge is 0.478 e. The number of benzene rings is 1. The van der Waals surface area contributed by atoms with E-state index in [1.165, 1.54) is 12.1 Å². The van der Waals surface area contributed by atoms with E-state index in [-0.39, 0.29) is 23.3 Å². The average Bonchev–Trinajstić information content (AvgIpc) is 2.29. The summed E-state index contributed by atoms with van der Waals surface area (Å²) in [5, 5.41) is 9.04. The van der Waals surface area contributed by atoms with Crippen LogP contribution in [0.25, 0.3) is 0 Å². The van der Waals surface area contributed by atoms with Gasteiger partial charge in [0.1, 0.15) is 0 Å². The van der Waals surface area contributed by atoms with Crippen molar-refractivity contribution >= 4 is 39.4 Å². The number of nitrogens with zero attached hydrogens (tertiary/aromatic N) is 1. The molecule has 1 heterocycles. The van der Waals surface area contributed by atoms with Gasteiger partial charge in [0.25, 0.3) is 0 Å². The molecule has 2 rings (SSSR count). The molecule has 0 saturated carbocycles. The van der Waals surface area contributed by atoms with Crippen molar-refractivity contribution < 1.29 is 19.5 Å². The summed E-state index contributed by atoms with van der Waals surface area (Å²) in [6.07, 6.45) is 0.592. The van der Waals surface area contributed by atoms with E-state index in [1.54, 1.807) is 6.07 Å². The van der Waals surface area contributed by atoms with Crippen LogP contribution >= 0.6 is 15.9 Å². The number of amides is 2. The highest BCUT2D eigenvalue weighted by Crippen LogP contribution is 2.28. The molecule has 1 saturated heterocycles. The number of hydrogen-bond acceptors (Lipinski definition) is 3. The van der Waals surface area contributed by atoms with Crippen LogP contribution < -0.4 is 4.90 Å². The third-order valence-electron chi connectivity index (χ3n) is 2.98. The molecule has 0 spiro atoms. The Bertz CT molecular complexity index is 552. The van der Waals surface area contributed by atoms with Crippen molar-refractivity contribution in [3.63, 3.8) is 0 Å². The minimum atomic E-state index is -1.11. The minimum Gasteiger partial charge on any atom is -0.478 e. The van der Waals surface area contributed by atoms with Crippen molar-refractivity contribution in [1.82, 2.24) is 0 Å². The van der Waals surface area contributed by atoms with Crippen LogP contribution in [0, 0.1) is 5.92 Å². The Morgan fingerprint density at radius 1 is 1.32 bits per heavy atom. The van der Waals surface area contributed by atoms with E-state index < -0.39 is 5.97 Å². The predicted molar refractivity (Wildman–Crippen MR) is 72.0 cm³/mol. The lowest BCUT2D eigenvalue weighted by Gasteiger charge is -2.28. The van der Waals surface area contributed by atoms with Crippen LogP contribution in [-0.2, 0) is 9.59 Å². The quantitative estimate of drug-likeness (QED) is 0.847. The van der Waals surface area contributed by atoms with Gasteiger partial charge in [-0.25, -0.2) is 4.79 Å². The van der Waals surface area contributed by atoms with Gasteiger partial charge in [-0.2, -0.15) is 0 Å². The molecule has 0 aromatic heterocycles. The van der Waals surface area contributed by atoms with E-state index in [9.17, 15) is 14.4 Å². The summed E-state index contributed by atoms with van der Waals surface area (Å²) in [5.41, 5.74) is 0.333. The zero-order valence-electron chi connectivity index (χ0n) is 10.2. The second kappa shape index (κ2) is 5.13. The van der Waals surface area contributed by atoms with Crippen LogP contribution in [0.2, 0.25) is 0 Å². The predicted octanol–water partition coefficient (Wildman–Crippen LogP) is 2.44. The summed E-state index contributed by atoms with van der Waals surface area (Å²) in [5.74, 6) is -1.66. The number of aromatic carboxylic acids is 1. The summed E-state index contributed by atoms with van der Waals surface area (Å²) in [4.78, 5) is 36.0. The first-order chi connectivity index (χ1) is 8.90. The first kappa shape index (κ1) is 13.7. The van der Waals surface area contributed by atoms with Crippen molar-refractivity contribution in [3.05, 3.63) is 28.2 Å². The molecule has 1 aromatic carbocycles. The first-order valence-electron chi connectivity index (χ1n) is 5.78. The minimum absolute atomic E-state index is 0.0247. The maximum absolute atomic E-state index is 11.9. The number of carbonyl (C=O) groups is 3. The van der Waals surface area contributed by atoms with E-state index in [0.717, 1.165) is 4.90 Å². The Morgan fingerprint density at radius 2 is 1.89 bits per heavy atom. The molecule has 0 unspecified atom stereocenters. The Hall–Kier alpha value is -1.69. The molecule has 1 aliphatic rings. The number of imide groups is 1. The SMILES string of the molecule is CC1CC(=O)N(c2ccc(Br)c(C(=O)O)c2)C(=O)C1. The number of anilines is 1. The Labute approximate surface area is 118 Å². The second-order valence-corrected chi connectivity index (χ2v) is 5.46. The lowest BCUT2D eigenvalue weighted by atomic mass is 9.97. The van der Waals surface area contributed by atoms with Crippen LogP contribution in [0.3, 0.4) is 0 Å². The molecule has 0 bridgehead atoms. The number of carboxylic acid groups (broad SMARTS) is 1. The number of carboxylic acids is 1. The van der Waals surface area contributed by atoms with Gasteiger partial charge < -0.3 is 5.11 Å². The van der Waals surface area contributed by atoms with Gasteiger partial charge in [0.05, 0.1) is 11.3 Å². The fourth-order valence-electron chi connectivity index (χ4n) is 2.09. The van der Waals surface area contributed by atoms with Crippen LogP contribution in [-0.4, -0.2) is 22.9 Å². The summed E-state index contributed by atoms with van der Waals surface area (Å²) < 4.78 is 0.411. The molecule has 1 fully saturated rings. The molecule has 1 aliphatic heterocycles. The van der Waals surface area contributed by atoms with E-state index in [1.807, 2.05) is 6.92 Å². The smallest absolute Gasteiger partial charge is 0.336 e. The molecule has 100 valence electrons. The molecule has 0 atom stereocenters. The molecule has 0 radical (unpaired) electrons. The third kappa shape index (κ3) is 2.68. The van der Waals surface area contributed by atoms with Gasteiger partial charge >= 0.3 is 5.97 Å². The molecular weight excluding hydrogens is 314 g/mol. The van der Waals surface area contributed by atoms with E-state index in [2.05, 4.69) is 15.9 Å². The lowest BCUT2D eigenvalue weighted by molar-refractivity contribution is -0.130. The highest BCUT2D eigenvalue weighted by Gasteiger charge is 2.31. The van der Waals surface area contributed by atoms with Gasteiger partial charge in [-0.15, -0.1) is 0 Å². The molecule has 5 nitrogen and oxygen atoms in total. The Morgan fingerprint density at radius 3 is 2.42 bits per heavy atom. The van der Waals surface area contributed by atoms with Crippen molar-refractivity contribution in [1.29, 1.82) is 0 Å². The Balaban J connectivity index is 2.41. The molecule has 6 heteroatoms. The molecule has 1 aromatic rings. The van der Waals surface area contributed by atoms with Crippen LogP contribution in [0.4, 0.5) is 5.69 Å². The van der Waals surface area contributed by atoms with E-state index in [4.69, 9.17) is 5.11 Å². The normalized spacial score (nSPS) is 16.8. The van der Waals surface area contributed by atoms with E-state index in [0.29, 0.717) is 23.0 Å². The monoisotopic (exact) mass is 325 g/mol. The van der Waals surface area contributed by atoms with Crippen LogP contribution in [0.15, 0.2) is 22.7 Å². The van der Waals surface area contributed by atoms with Gasteiger partial charge in [-0.3, -0.25) is 14.5 Å². The number of carbonyl (C=O) groups excluding carboxylic acids is 2. The highest BCUT2D eigenvalue weighted by molar-refractivity contribution is 9.10. The maximum Gasteiger partial charge on any atom is 0.336 e. The standard InChI is InChI=1S/C13H12BrNO4/c1-7-4-11(16)15(12(17)5-7)8-2-3-10(14)9(6-8)13(18)19/h2-3,6-7H,4-5H2,1H3,(H,18,19). The second-order valence-electron chi connectivity index (χ2n) is 4.61. The zero-order chi connectivity index (χ0) is 14.2. The summed E-state index contributed by atoms with van der Waals surface area (Å²) in [6.45, 7) is 1.84. The van der Waals surface area contributed by atoms with Crippen molar-refractivity contribution in [2.45, 2.75) is 19.8 Å².